The van der Waals surface area contributed by atoms with E-state index in [4.69, 9.17) is 28.7 Å². The fraction of sp³-hybridized carbons (Fsp3) is 0.833. The lowest BCUT2D eigenvalue weighted by Gasteiger charge is -2.26. The Morgan fingerprint density at radius 1 is 0.489 bits per heavy atom. The van der Waals surface area contributed by atoms with E-state index in [2.05, 4.69) is 21.3 Å². The Morgan fingerprint density at radius 3 is 1.13 bits per heavy atom. The van der Waals surface area contributed by atoms with Crippen molar-refractivity contribution in [3.05, 3.63) is 0 Å². The number of carboxylic acid groups (broad SMARTS) is 1. The van der Waals surface area contributed by atoms with Crippen molar-refractivity contribution in [2.75, 3.05) is 26.2 Å². The zero-order chi connectivity index (χ0) is 34.0. The van der Waals surface area contributed by atoms with Crippen LogP contribution in [0.25, 0.3) is 0 Å². The summed E-state index contributed by atoms with van der Waals surface area (Å²) < 4.78 is 0. The van der Waals surface area contributed by atoms with Gasteiger partial charge in [0.05, 0.1) is 6.04 Å². The first kappa shape index (κ1) is 42.1. The number of amides is 4. The molecule has 0 aliphatic rings. The maximum Gasteiger partial charge on any atom is 0.326 e. The average Bonchev–Trinajstić information content (AvgIpc) is 3.01. The summed E-state index contributed by atoms with van der Waals surface area (Å²) in [6.45, 7) is 3.60. The number of rotatable bonds is 28. The minimum Gasteiger partial charge on any atom is -0.480 e. The van der Waals surface area contributed by atoms with Gasteiger partial charge in [-0.1, -0.05) is 26.2 Å². The number of hydrogen-bond acceptors (Lipinski definition) is 10. The maximum absolute atomic E-state index is 13.6. The van der Waals surface area contributed by atoms with Gasteiger partial charge in [-0.25, -0.2) is 4.79 Å². The van der Waals surface area contributed by atoms with E-state index in [-0.39, 0.29) is 19.3 Å². The van der Waals surface area contributed by atoms with Crippen LogP contribution in [0.3, 0.4) is 0 Å². The van der Waals surface area contributed by atoms with E-state index < -0.39 is 59.8 Å². The normalized spacial score (nSPS) is 14.4. The van der Waals surface area contributed by atoms with Crippen LogP contribution in [0.15, 0.2) is 0 Å². The van der Waals surface area contributed by atoms with E-state index in [9.17, 15) is 29.1 Å². The lowest BCUT2D eigenvalue weighted by atomic mass is 10.0. The quantitative estimate of drug-likeness (QED) is 0.0463. The number of nitrogens with two attached hydrogens (primary N) is 5. The molecule has 0 heterocycles. The first-order chi connectivity index (χ1) is 21.6. The molecule has 15 nitrogen and oxygen atoms in total. The van der Waals surface area contributed by atoms with Gasteiger partial charge in [-0.05, 0) is 103 Å². The molecular formula is C30H61N9O6. The van der Waals surface area contributed by atoms with E-state index in [0.717, 1.165) is 12.8 Å². The average molecular weight is 644 g/mol. The van der Waals surface area contributed by atoms with Gasteiger partial charge in [0.25, 0.3) is 0 Å². The van der Waals surface area contributed by atoms with Crippen molar-refractivity contribution in [3.63, 3.8) is 0 Å². The summed E-state index contributed by atoms with van der Waals surface area (Å²) >= 11 is 0. The molecule has 0 fully saturated rings. The fourth-order valence-corrected chi connectivity index (χ4v) is 4.69. The summed E-state index contributed by atoms with van der Waals surface area (Å²) in [7, 11) is 0. The van der Waals surface area contributed by atoms with E-state index >= 15 is 0 Å². The Balaban J connectivity index is 5.86. The number of hydrogen-bond donors (Lipinski definition) is 10. The lowest BCUT2D eigenvalue weighted by molar-refractivity contribution is -0.142. The molecule has 0 saturated heterocycles. The molecule has 0 aromatic rings. The van der Waals surface area contributed by atoms with E-state index in [1.165, 1.54) is 0 Å². The maximum atomic E-state index is 13.6. The molecule has 0 saturated carbocycles. The summed E-state index contributed by atoms with van der Waals surface area (Å²) in [5.74, 6) is -3.41. The highest BCUT2D eigenvalue weighted by Gasteiger charge is 2.31. The van der Waals surface area contributed by atoms with Crippen LogP contribution in [0.5, 0.6) is 0 Å². The first-order valence-electron chi connectivity index (χ1n) is 16.6. The smallest absolute Gasteiger partial charge is 0.326 e. The molecule has 0 aromatic heterocycles. The van der Waals surface area contributed by atoms with Crippen molar-refractivity contribution in [1.82, 2.24) is 21.3 Å². The highest BCUT2D eigenvalue weighted by Crippen LogP contribution is 2.09. The van der Waals surface area contributed by atoms with Gasteiger partial charge in [0.2, 0.25) is 23.6 Å². The van der Waals surface area contributed by atoms with E-state index in [0.29, 0.717) is 90.4 Å². The Morgan fingerprint density at radius 2 is 0.800 bits per heavy atom. The predicted molar refractivity (Wildman–Crippen MR) is 174 cm³/mol. The van der Waals surface area contributed by atoms with Crippen LogP contribution in [0.1, 0.15) is 103 Å². The molecule has 45 heavy (non-hydrogen) atoms. The summed E-state index contributed by atoms with van der Waals surface area (Å²) in [4.78, 5) is 64.8. The third-order valence-electron chi connectivity index (χ3n) is 7.51. The zero-order valence-electron chi connectivity index (χ0n) is 27.2. The molecule has 5 atom stereocenters. The molecule has 0 aliphatic carbocycles. The molecular weight excluding hydrogens is 582 g/mol. The highest BCUT2D eigenvalue weighted by molar-refractivity contribution is 5.95. The van der Waals surface area contributed by atoms with E-state index in [1.54, 1.807) is 0 Å². The number of carbonyl (C=O) groups is 5. The van der Waals surface area contributed by atoms with Crippen LogP contribution in [0.2, 0.25) is 0 Å². The molecule has 262 valence electrons. The van der Waals surface area contributed by atoms with Crippen LogP contribution < -0.4 is 49.9 Å². The van der Waals surface area contributed by atoms with Gasteiger partial charge in [0.1, 0.15) is 24.2 Å². The minimum absolute atomic E-state index is 0.234. The summed E-state index contributed by atoms with van der Waals surface area (Å²) in [5.41, 5.74) is 28.5. The first-order valence-corrected chi connectivity index (χ1v) is 16.6. The largest absolute Gasteiger partial charge is 0.480 e. The van der Waals surface area contributed by atoms with Crippen molar-refractivity contribution in [2.45, 2.75) is 133 Å². The predicted octanol–water partition coefficient (Wildman–Crippen LogP) is -0.956. The van der Waals surface area contributed by atoms with Crippen LogP contribution in [-0.4, -0.2) is 91.1 Å². The van der Waals surface area contributed by atoms with Crippen molar-refractivity contribution in [3.8, 4) is 0 Å². The van der Waals surface area contributed by atoms with Crippen LogP contribution in [0.4, 0.5) is 0 Å². The standard InChI is InChI=1S/C30H61N9O6/c1-2-3-13-25(30(44)45)39-29(43)24(16-7-11-20-34)38-28(42)23(15-6-10-19-33)37-27(41)22(14-5-9-18-32)36-26(40)21(35)12-4-8-17-31/h21-25H,2-20,31-35H2,1H3,(H,36,40)(H,37,41)(H,38,42)(H,39,43)(H,44,45)/t21-,22-,23-,24-,25-/m0/s1. The number of unbranched alkanes of at least 4 members (excludes halogenated alkanes) is 5. The molecule has 15 N–H and O–H groups in total. The lowest BCUT2D eigenvalue weighted by Crippen LogP contribution is -2.58. The number of carboxylic acids is 1. The number of nitrogens with one attached hydrogen (secondary N) is 4. The zero-order valence-corrected chi connectivity index (χ0v) is 27.2. The van der Waals surface area contributed by atoms with Gasteiger partial charge in [-0.15, -0.1) is 0 Å². The molecule has 0 aromatic carbocycles. The monoisotopic (exact) mass is 643 g/mol. The molecule has 0 rings (SSSR count). The molecule has 4 amide bonds. The minimum atomic E-state index is -1.16. The molecule has 0 unspecified atom stereocenters. The summed E-state index contributed by atoms with van der Waals surface area (Å²) in [6, 6.07) is -4.92. The molecule has 0 bridgehead atoms. The molecule has 0 radical (unpaired) electrons. The Hall–Kier alpha value is -2.85. The third-order valence-corrected chi connectivity index (χ3v) is 7.51. The van der Waals surface area contributed by atoms with Crippen LogP contribution in [-0.2, 0) is 24.0 Å². The van der Waals surface area contributed by atoms with Gasteiger partial charge in [0.15, 0.2) is 0 Å². The fourth-order valence-electron chi connectivity index (χ4n) is 4.69. The third kappa shape index (κ3) is 19.3. The van der Waals surface area contributed by atoms with Gasteiger partial charge in [-0.3, -0.25) is 19.2 Å². The van der Waals surface area contributed by atoms with Crippen molar-refractivity contribution in [2.24, 2.45) is 28.7 Å². The second kappa shape index (κ2) is 26.4. The second-order valence-electron chi connectivity index (χ2n) is 11.5. The highest BCUT2D eigenvalue weighted by atomic mass is 16.4. The van der Waals surface area contributed by atoms with Crippen molar-refractivity contribution in [1.29, 1.82) is 0 Å². The van der Waals surface area contributed by atoms with Gasteiger partial charge in [-0.2, -0.15) is 0 Å². The summed E-state index contributed by atoms with van der Waals surface area (Å²) in [5, 5.41) is 20.3. The van der Waals surface area contributed by atoms with Crippen LogP contribution in [0, 0.1) is 0 Å². The van der Waals surface area contributed by atoms with Gasteiger partial charge in [0, 0.05) is 0 Å². The molecule has 0 aliphatic heterocycles. The Bertz CT molecular complexity index is 864. The van der Waals surface area contributed by atoms with E-state index in [1.807, 2.05) is 6.92 Å². The summed E-state index contributed by atoms with van der Waals surface area (Å²) in [6.07, 6.45) is 7.65. The van der Waals surface area contributed by atoms with Crippen molar-refractivity contribution < 1.29 is 29.1 Å². The SMILES string of the molecule is CCCC[C@H](NC(=O)[C@H](CCCCN)NC(=O)[C@H](CCCCN)NC(=O)[C@H](CCCCN)NC(=O)[C@@H](N)CCCCN)C(=O)O. The number of carbonyl (C=O) groups excluding carboxylic acids is 4. The van der Waals surface area contributed by atoms with Gasteiger partial charge < -0.3 is 55.0 Å². The Kier molecular flexibility index (Phi) is 24.7. The molecule has 0 spiro atoms. The second-order valence-corrected chi connectivity index (χ2v) is 11.5. The number of aliphatic carboxylic acids is 1. The van der Waals surface area contributed by atoms with Crippen molar-refractivity contribution >= 4 is 29.6 Å². The Labute approximate surface area is 268 Å². The van der Waals surface area contributed by atoms with Gasteiger partial charge >= 0.3 is 5.97 Å². The molecule has 15 heteroatoms. The topological polar surface area (TPSA) is 284 Å². The van der Waals surface area contributed by atoms with Crippen LogP contribution >= 0.6 is 0 Å².